The molecule has 2 aromatic rings. The van der Waals surface area contributed by atoms with Gasteiger partial charge in [-0.25, -0.2) is 0 Å². The zero-order valence-corrected chi connectivity index (χ0v) is 17.5. The van der Waals surface area contributed by atoms with Gasteiger partial charge in [0.1, 0.15) is 5.15 Å². The first-order valence-electron chi connectivity index (χ1n) is 9.57. The van der Waals surface area contributed by atoms with Gasteiger partial charge in [0.05, 0.1) is 11.7 Å². The minimum absolute atomic E-state index is 0.0628. The van der Waals surface area contributed by atoms with Crippen LogP contribution in [0.25, 0.3) is 6.08 Å². The Kier molecular flexibility index (Phi) is 6.88. The van der Waals surface area contributed by atoms with Crippen LogP contribution in [0.4, 0.5) is 0 Å². The van der Waals surface area contributed by atoms with E-state index in [1.165, 1.54) is 6.08 Å². The number of piperazine rings is 1. The molecular weight excluding hydrogens is 374 g/mol. The minimum Gasteiger partial charge on any atom is -0.344 e. The highest BCUT2D eigenvalue weighted by atomic mass is 35.5. The normalized spacial score (nSPS) is 17.1. The quantitative estimate of drug-likeness (QED) is 0.755. The molecule has 1 N–H and O–H groups in total. The molecule has 0 aliphatic carbocycles. The number of benzene rings is 1. The van der Waals surface area contributed by atoms with Crippen LogP contribution in [0.15, 0.2) is 36.4 Å². The third kappa shape index (κ3) is 5.22. The van der Waals surface area contributed by atoms with Gasteiger partial charge in [-0.2, -0.15) is 5.10 Å². The number of halogens is 1. The molecule has 1 unspecified atom stereocenters. The summed E-state index contributed by atoms with van der Waals surface area (Å²) < 4.78 is 1.61. The van der Waals surface area contributed by atoms with Crippen LogP contribution >= 0.6 is 11.6 Å². The van der Waals surface area contributed by atoms with Gasteiger partial charge in [0.2, 0.25) is 5.91 Å². The average molecular weight is 402 g/mol. The molecule has 1 fully saturated rings. The van der Waals surface area contributed by atoms with Gasteiger partial charge in [-0.3, -0.25) is 14.4 Å². The molecule has 0 spiro atoms. The van der Waals surface area contributed by atoms with E-state index in [2.05, 4.69) is 39.4 Å². The topological polar surface area (TPSA) is 53.4 Å². The van der Waals surface area contributed by atoms with Crippen LogP contribution in [0.5, 0.6) is 0 Å². The Morgan fingerprint density at radius 1 is 1.21 bits per heavy atom. The first-order valence-corrected chi connectivity index (χ1v) is 9.95. The third-order valence-corrected chi connectivity index (χ3v) is 5.60. The third-order valence-electron chi connectivity index (χ3n) is 5.15. The van der Waals surface area contributed by atoms with Gasteiger partial charge in [-0.15, -0.1) is 0 Å². The Bertz CT molecular complexity index is 825. The van der Waals surface area contributed by atoms with Crippen molar-refractivity contribution in [3.8, 4) is 0 Å². The first-order chi connectivity index (χ1) is 13.4. The zero-order chi connectivity index (χ0) is 20.1. The van der Waals surface area contributed by atoms with Crippen molar-refractivity contribution in [1.82, 2.24) is 24.9 Å². The molecule has 1 saturated heterocycles. The molecule has 2 heterocycles. The molecule has 0 radical (unpaired) electrons. The highest BCUT2D eigenvalue weighted by molar-refractivity contribution is 6.31. The smallest absolute Gasteiger partial charge is 0.244 e. The van der Waals surface area contributed by atoms with Crippen molar-refractivity contribution in [3.05, 3.63) is 58.4 Å². The predicted octanol–water partition coefficient (Wildman–Crippen LogP) is 2.50. The predicted molar refractivity (Wildman–Crippen MR) is 113 cm³/mol. The summed E-state index contributed by atoms with van der Waals surface area (Å²) in [5, 5.41) is 7.95. The van der Waals surface area contributed by atoms with Gasteiger partial charge in [0, 0.05) is 51.4 Å². The number of rotatable bonds is 6. The monoisotopic (exact) mass is 401 g/mol. The highest BCUT2D eigenvalue weighted by Gasteiger charge is 2.20. The lowest BCUT2D eigenvalue weighted by Crippen LogP contribution is -2.47. The van der Waals surface area contributed by atoms with Crippen LogP contribution in [0.3, 0.4) is 0 Å². The van der Waals surface area contributed by atoms with Gasteiger partial charge in [0.25, 0.3) is 0 Å². The molecule has 1 aliphatic heterocycles. The van der Waals surface area contributed by atoms with Crippen LogP contribution < -0.4 is 5.32 Å². The van der Waals surface area contributed by atoms with Crippen molar-refractivity contribution in [2.24, 2.45) is 7.05 Å². The molecule has 6 nitrogen and oxygen atoms in total. The van der Waals surface area contributed by atoms with Crippen molar-refractivity contribution >= 4 is 23.6 Å². The van der Waals surface area contributed by atoms with E-state index in [0.29, 0.717) is 5.15 Å². The van der Waals surface area contributed by atoms with Crippen molar-refractivity contribution in [1.29, 1.82) is 0 Å². The van der Waals surface area contributed by atoms with E-state index >= 15 is 0 Å². The van der Waals surface area contributed by atoms with Crippen LogP contribution in [0.2, 0.25) is 5.15 Å². The molecular formula is C21H28ClN5O. The zero-order valence-electron chi connectivity index (χ0n) is 16.7. The SMILES string of the molecule is Cc1nn(C)c(Cl)c1/C=C/C(=O)NC(CN1CCN(C)CC1)c1ccccc1. The van der Waals surface area contributed by atoms with E-state index in [9.17, 15) is 4.79 Å². The van der Waals surface area contributed by atoms with Crippen LogP contribution in [0, 0.1) is 6.92 Å². The van der Waals surface area contributed by atoms with Gasteiger partial charge < -0.3 is 10.2 Å². The molecule has 28 heavy (non-hydrogen) atoms. The number of aromatic nitrogens is 2. The second-order valence-corrected chi connectivity index (χ2v) is 7.68. The Balaban J connectivity index is 1.70. The van der Waals surface area contributed by atoms with Crippen LogP contribution in [0.1, 0.15) is 22.9 Å². The maximum absolute atomic E-state index is 12.6. The van der Waals surface area contributed by atoms with Crippen molar-refractivity contribution < 1.29 is 4.79 Å². The van der Waals surface area contributed by atoms with E-state index < -0.39 is 0 Å². The molecule has 3 rings (SSSR count). The van der Waals surface area contributed by atoms with E-state index in [4.69, 9.17) is 11.6 Å². The second-order valence-electron chi connectivity index (χ2n) is 7.32. The van der Waals surface area contributed by atoms with Crippen LogP contribution in [-0.2, 0) is 11.8 Å². The summed E-state index contributed by atoms with van der Waals surface area (Å²) >= 11 is 6.25. The largest absolute Gasteiger partial charge is 0.344 e. The number of carbonyl (C=O) groups excluding carboxylic acids is 1. The number of amides is 1. The lowest BCUT2D eigenvalue weighted by Gasteiger charge is -2.34. The average Bonchev–Trinajstić information content (AvgIpc) is 2.93. The molecule has 1 amide bonds. The number of likely N-dealkylation sites (N-methyl/N-ethyl adjacent to an activating group) is 1. The summed E-state index contributed by atoms with van der Waals surface area (Å²) in [7, 11) is 3.93. The summed E-state index contributed by atoms with van der Waals surface area (Å²) in [6, 6.07) is 10.1. The Morgan fingerprint density at radius 2 is 1.89 bits per heavy atom. The molecule has 1 atom stereocenters. The molecule has 1 aromatic heterocycles. The second kappa shape index (κ2) is 9.37. The lowest BCUT2D eigenvalue weighted by molar-refractivity contribution is -0.117. The van der Waals surface area contributed by atoms with Crippen molar-refractivity contribution in [2.75, 3.05) is 39.8 Å². The fourth-order valence-electron chi connectivity index (χ4n) is 3.42. The first kappa shape index (κ1) is 20.6. The molecule has 0 bridgehead atoms. The Morgan fingerprint density at radius 3 is 2.50 bits per heavy atom. The number of hydrogen-bond acceptors (Lipinski definition) is 4. The lowest BCUT2D eigenvalue weighted by atomic mass is 10.1. The van der Waals surface area contributed by atoms with Crippen LogP contribution in [-0.4, -0.2) is 65.3 Å². The van der Waals surface area contributed by atoms with E-state index in [0.717, 1.165) is 49.5 Å². The summed E-state index contributed by atoms with van der Waals surface area (Å²) in [5.41, 5.74) is 2.68. The standard InChI is InChI=1S/C21H28ClN5O/c1-16-18(21(22)26(3)24-16)9-10-20(28)23-19(17-7-5-4-6-8-17)15-27-13-11-25(2)12-14-27/h4-10,19H,11-15H2,1-3H3,(H,23,28)/b10-9+. The Hall–Kier alpha value is -2.15. The summed E-state index contributed by atoms with van der Waals surface area (Å²) in [6.07, 6.45) is 3.27. The van der Waals surface area contributed by atoms with Gasteiger partial charge >= 0.3 is 0 Å². The number of aryl methyl sites for hydroxylation is 2. The summed E-state index contributed by atoms with van der Waals surface area (Å²) in [5.74, 6) is -0.137. The van der Waals surface area contributed by atoms with Gasteiger partial charge in [-0.05, 0) is 25.6 Å². The number of carbonyl (C=O) groups is 1. The maximum Gasteiger partial charge on any atom is 0.244 e. The Labute approximate surface area is 171 Å². The molecule has 7 heteroatoms. The number of nitrogens with zero attached hydrogens (tertiary/aromatic N) is 4. The minimum atomic E-state index is -0.137. The number of nitrogens with one attached hydrogen (secondary N) is 1. The van der Waals surface area contributed by atoms with E-state index in [1.807, 2.05) is 25.1 Å². The molecule has 1 aromatic carbocycles. The molecule has 1 aliphatic rings. The highest BCUT2D eigenvalue weighted by Crippen LogP contribution is 2.20. The van der Waals surface area contributed by atoms with Gasteiger partial charge in [-0.1, -0.05) is 41.9 Å². The summed E-state index contributed by atoms with van der Waals surface area (Å²) in [4.78, 5) is 17.4. The molecule has 0 saturated carbocycles. The molecule has 150 valence electrons. The fraction of sp³-hybridized carbons (Fsp3) is 0.429. The maximum atomic E-state index is 12.6. The fourth-order valence-corrected chi connectivity index (χ4v) is 3.66. The van der Waals surface area contributed by atoms with Crippen molar-refractivity contribution in [2.45, 2.75) is 13.0 Å². The summed E-state index contributed by atoms with van der Waals surface area (Å²) in [6.45, 7) is 6.79. The van der Waals surface area contributed by atoms with E-state index in [-0.39, 0.29) is 11.9 Å². The number of hydrogen-bond donors (Lipinski definition) is 1. The van der Waals surface area contributed by atoms with E-state index in [1.54, 1.807) is 17.8 Å². The van der Waals surface area contributed by atoms with Gasteiger partial charge in [0.15, 0.2) is 0 Å². The van der Waals surface area contributed by atoms with Crippen molar-refractivity contribution in [3.63, 3.8) is 0 Å².